The highest BCUT2D eigenvalue weighted by Crippen LogP contribution is 2.21. The highest BCUT2D eigenvalue weighted by atomic mass is 127. The Bertz CT molecular complexity index is 529. The minimum atomic E-state index is -2.85. The zero-order valence-electron chi connectivity index (χ0n) is 15.1. The number of aliphatic imine (C=N–C) groups is 1. The van der Waals surface area contributed by atoms with E-state index in [-0.39, 0.29) is 29.7 Å². The van der Waals surface area contributed by atoms with Crippen LogP contribution in [0.15, 0.2) is 23.2 Å². The van der Waals surface area contributed by atoms with Gasteiger partial charge in [0, 0.05) is 32.3 Å². The number of ether oxygens (including phenoxy) is 2. The Morgan fingerprint density at radius 3 is 2.56 bits per heavy atom. The Morgan fingerprint density at radius 2 is 1.96 bits per heavy atom. The molecule has 1 rings (SSSR count). The summed E-state index contributed by atoms with van der Waals surface area (Å²) in [4.78, 5) is 4.10. The van der Waals surface area contributed by atoms with Crippen LogP contribution in [0.3, 0.4) is 0 Å². The van der Waals surface area contributed by atoms with Crippen molar-refractivity contribution in [2.75, 3.05) is 26.8 Å². The maximum atomic E-state index is 12.5. The Balaban J connectivity index is 0.00000576. The third-order valence-corrected chi connectivity index (χ3v) is 3.09. The SMILES string of the molecule is CN=C(NCCOCC(C)C)NCc1cc(C)ccc1OC(F)F.I. The van der Waals surface area contributed by atoms with Gasteiger partial charge >= 0.3 is 6.61 Å². The lowest BCUT2D eigenvalue weighted by Crippen LogP contribution is -2.38. The minimum absolute atomic E-state index is 0. The molecule has 0 heterocycles. The van der Waals surface area contributed by atoms with E-state index in [4.69, 9.17) is 4.74 Å². The number of hydrogen-bond donors (Lipinski definition) is 2. The number of nitrogens with zero attached hydrogens (tertiary/aromatic N) is 1. The predicted octanol–water partition coefficient (Wildman–Crippen LogP) is 3.55. The van der Waals surface area contributed by atoms with Gasteiger partial charge in [-0.05, 0) is 18.9 Å². The summed E-state index contributed by atoms with van der Waals surface area (Å²) in [6, 6.07) is 5.10. The van der Waals surface area contributed by atoms with Crippen LogP contribution in [-0.2, 0) is 11.3 Å². The molecule has 0 saturated carbocycles. The fourth-order valence-corrected chi connectivity index (χ4v) is 2.02. The van der Waals surface area contributed by atoms with Crippen LogP contribution >= 0.6 is 24.0 Å². The van der Waals surface area contributed by atoms with E-state index in [1.807, 2.05) is 13.0 Å². The lowest BCUT2D eigenvalue weighted by Gasteiger charge is -2.15. The molecule has 5 nitrogen and oxygen atoms in total. The number of hydrogen-bond acceptors (Lipinski definition) is 3. The predicted molar refractivity (Wildman–Crippen MR) is 107 cm³/mol. The molecule has 0 aliphatic carbocycles. The van der Waals surface area contributed by atoms with Gasteiger partial charge in [0.1, 0.15) is 5.75 Å². The van der Waals surface area contributed by atoms with E-state index in [0.717, 1.165) is 5.56 Å². The molecule has 0 aromatic heterocycles. The zero-order chi connectivity index (χ0) is 17.9. The van der Waals surface area contributed by atoms with E-state index in [9.17, 15) is 8.78 Å². The zero-order valence-corrected chi connectivity index (χ0v) is 17.5. The summed E-state index contributed by atoms with van der Waals surface area (Å²) in [5, 5.41) is 6.20. The Kier molecular flexibility index (Phi) is 12.5. The molecule has 0 radical (unpaired) electrons. The van der Waals surface area contributed by atoms with E-state index in [2.05, 4.69) is 34.2 Å². The fourth-order valence-electron chi connectivity index (χ4n) is 2.02. The Morgan fingerprint density at radius 1 is 1.24 bits per heavy atom. The summed E-state index contributed by atoms with van der Waals surface area (Å²) >= 11 is 0. The van der Waals surface area contributed by atoms with Crippen molar-refractivity contribution in [3.63, 3.8) is 0 Å². The van der Waals surface area contributed by atoms with Gasteiger partial charge in [-0.2, -0.15) is 8.78 Å². The molecule has 0 amide bonds. The summed E-state index contributed by atoms with van der Waals surface area (Å²) in [5.41, 5.74) is 1.62. The largest absolute Gasteiger partial charge is 0.434 e. The van der Waals surface area contributed by atoms with Crippen molar-refractivity contribution in [1.29, 1.82) is 0 Å². The van der Waals surface area contributed by atoms with Gasteiger partial charge in [-0.25, -0.2) is 0 Å². The maximum Gasteiger partial charge on any atom is 0.387 e. The lowest BCUT2D eigenvalue weighted by molar-refractivity contribution is -0.0504. The second kappa shape index (κ2) is 13.1. The number of guanidine groups is 1. The smallest absolute Gasteiger partial charge is 0.387 e. The van der Waals surface area contributed by atoms with Gasteiger partial charge in [0.25, 0.3) is 0 Å². The van der Waals surface area contributed by atoms with Crippen LogP contribution in [-0.4, -0.2) is 39.4 Å². The normalized spacial score (nSPS) is 11.4. The standard InChI is InChI=1S/C17H27F2N3O2.HI/c1-12(2)11-23-8-7-21-17(20-4)22-10-14-9-13(3)5-6-15(14)24-16(18)19;/h5-6,9,12,16H,7-8,10-11H2,1-4H3,(H2,20,21,22);1H. The van der Waals surface area contributed by atoms with E-state index in [1.165, 1.54) is 0 Å². The second-order valence-corrected chi connectivity index (χ2v) is 5.81. The van der Waals surface area contributed by atoms with Gasteiger partial charge in [0.05, 0.1) is 6.61 Å². The molecular weight excluding hydrogens is 443 g/mol. The molecule has 8 heteroatoms. The fraction of sp³-hybridized carbons (Fsp3) is 0.588. The molecule has 0 spiro atoms. The van der Waals surface area contributed by atoms with Gasteiger partial charge in [-0.3, -0.25) is 4.99 Å². The first-order chi connectivity index (χ1) is 11.4. The van der Waals surface area contributed by atoms with Crippen molar-refractivity contribution >= 4 is 29.9 Å². The molecule has 0 saturated heterocycles. The molecule has 0 unspecified atom stereocenters. The first-order valence-electron chi connectivity index (χ1n) is 7.99. The van der Waals surface area contributed by atoms with E-state index < -0.39 is 6.61 Å². The van der Waals surface area contributed by atoms with Crippen LogP contribution in [0.2, 0.25) is 0 Å². The number of benzene rings is 1. The van der Waals surface area contributed by atoms with Crippen LogP contribution in [0, 0.1) is 12.8 Å². The third kappa shape index (κ3) is 10.4. The van der Waals surface area contributed by atoms with Crippen LogP contribution in [0.4, 0.5) is 8.78 Å². The Labute approximate surface area is 165 Å². The summed E-state index contributed by atoms with van der Waals surface area (Å²) in [6.45, 7) is 5.46. The van der Waals surface area contributed by atoms with Gasteiger partial charge < -0.3 is 20.1 Å². The third-order valence-electron chi connectivity index (χ3n) is 3.09. The summed E-state index contributed by atoms with van der Waals surface area (Å²) in [6.07, 6.45) is 0. The number of rotatable bonds is 9. The van der Waals surface area contributed by atoms with Crippen molar-refractivity contribution in [2.24, 2.45) is 10.9 Å². The topological polar surface area (TPSA) is 54.9 Å². The Hall–Kier alpha value is -1.16. The molecule has 0 fully saturated rings. The van der Waals surface area contributed by atoms with Crippen molar-refractivity contribution in [1.82, 2.24) is 10.6 Å². The van der Waals surface area contributed by atoms with E-state index >= 15 is 0 Å². The van der Waals surface area contributed by atoms with Crippen molar-refractivity contribution in [3.05, 3.63) is 29.3 Å². The van der Waals surface area contributed by atoms with Crippen LogP contribution < -0.4 is 15.4 Å². The van der Waals surface area contributed by atoms with Crippen molar-refractivity contribution in [3.8, 4) is 5.75 Å². The van der Waals surface area contributed by atoms with E-state index in [0.29, 0.717) is 43.7 Å². The van der Waals surface area contributed by atoms with Gasteiger partial charge in [0.15, 0.2) is 5.96 Å². The quantitative estimate of drug-likeness (QED) is 0.251. The molecule has 1 aromatic rings. The van der Waals surface area contributed by atoms with Crippen molar-refractivity contribution < 1.29 is 18.3 Å². The number of halogens is 3. The minimum Gasteiger partial charge on any atom is -0.434 e. The number of alkyl halides is 2. The molecule has 0 aliphatic heterocycles. The van der Waals surface area contributed by atoms with E-state index in [1.54, 1.807) is 19.2 Å². The molecule has 2 N–H and O–H groups in total. The van der Waals surface area contributed by atoms with Gasteiger partial charge in [-0.1, -0.05) is 31.5 Å². The molecule has 1 aromatic carbocycles. The molecule has 0 atom stereocenters. The average molecular weight is 471 g/mol. The molecule has 0 bridgehead atoms. The second-order valence-electron chi connectivity index (χ2n) is 5.81. The van der Waals surface area contributed by atoms with Gasteiger partial charge in [-0.15, -0.1) is 24.0 Å². The first kappa shape index (κ1) is 23.8. The molecular formula is C17H28F2IN3O2. The number of aryl methyl sites for hydroxylation is 1. The summed E-state index contributed by atoms with van der Waals surface area (Å²) in [7, 11) is 1.65. The monoisotopic (exact) mass is 471 g/mol. The van der Waals surface area contributed by atoms with Gasteiger partial charge in [0.2, 0.25) is 0 Å². The maximum absolute atomic E-state index is 12.5. The highest BCUT2D eigenvalue weighted by Gasteiger charge is 2.10. The van der Waals surface area contributed by atoms with Crippen LogP contribution in [0.5, 0.6) is 5.75 Å². The van der Waals surface area contributed by atoms with Crippen LogP contribution in [0.1, 0.15) is 25.0 Å². The lowest BCUT2D eigenvalue weighted by atomic mass is 10.1. The summed E-state index contributed by atoms with van der Waals surface area (Å²) in [5.74, 6) is 1.24. The number of nitrogens with one attached hydrogen (secondary N) is 2. The molecule has 25 heavy (non-hydrogen) atoms. The first-order valence-corrected chi connectivity index (χ1v) is 7.99. The van der Waals surface area contributed by atoms with Crippen molar-refractivity contribution in [2.45, 2.75) is 33.9 Å². The molecule has 0 aliphatic rings. The molecule has 144 valence electrons. The van der Waals surface area contributed by atoms with Crippen LogP contribution in [0.25, 0.3) is 0 Å². The summed E-state index contributed by atoms with van der Waals surface area (Å²) < 4.78 is 35.0. The average Bonchev–Trinajstić information content (AvgIpc) is 2.51. The highest BCUT2D eigenvalue weighted by molar-refractivity contribution is 14.0.